The summed E-state index contributed by atoms with van der Waals surface area (Å²) in [5.41, 5.74) is 5.96. The van der Waals surface area contributed by atoms with Crippen LogP contribution in [0.15, 0.2) is 18.3 Å². The van der Waals surface area contributed by atoms with Crippen molar-refractivity contribution in [3.63, 3.8) is 0 Å². The van der Waals surface area contributed by atoms with Crippen molar-refractivity contribution in [3.05, 3.63) is 23.9 Å². The molecule has 0 bridgehead atoms. The molecule has 1 atom stereocenters. The van der Waals surface area contributed by atoms with Crippen LogP contribution in [0.25, 0.3) is 0 Å². The number of nitrogens with two attached hydrogens (primary N) is 1. The Balaban J connectivity index is 2.06. The summed E-state index contributed by atoms with van der Waals surface area (Å²) in [6.45, 7) is 0.392. The standard InChI is InChI=1S/C11H15N3O3S/c12-11-9(2-1-3-14-11)10(15)6-8-7-18(16,17)5-4-13-8/h1-3,8,13H,4-7H2,(H2,12,14). The molecular weight excluding hydrogens is 254 g/mol. The monoisotopic (exact) mass is 269 g/mol. The molecule has 3 N–H and O–H groups in total. The number of anilines is 1. The van der Waals surface area contributed by atoms with Crippen molar-refractivity contribution in [1.82, 2.24) is 10.3 Å². The Bertz CT molecular complexity index is 556. The quantitative estimate of drug-likeness (QED) is 0.725. The van der Waals surface area contributed by atoms with Crippen LogP contribution in [0, 0.1) is 0 Å². The first kappa shape index (κ1) is 13.0. The molecule has 0 aliphatic carbocycles. The van der Waals surface area contributed by atoms with E-state index in [1.807, 2.05) is 0 Å². The maximum atomic E-state index is 12.0. The van der Waals surface area contributed by atoms with Gasteiger partial charge >= 0.3 is 0 Å². The van der Waals surface area contributed by atoms with Crippen LogP contribution in [-0.4, -0.2) is 43.3 Å². The highest BCUT2D eigenvalue weighted by Gasteiger charge is 2.26. The summed E-state index contributed by atoms with van der Waals surface area (Å²) in [6, 6.07) is 2.90. The predicted octanol–water partition coefficient (Wildman–Crippen LogP) is -0.377. The Kier molecular flexibility index (Phi) is 3.63. The topological polar surface area (TPSA) is 102 Å². The van der Waals surface area contributed by atoms with E-state index in [1.54, 1.807) is 12.1 Å². The van der Waals surface area contributed by atoms with Crippen molar-refractivity contribution in [2.75, 3.05) is 23.8 Å². The second-order valence-electron chi connectivity index (χ2n) is 4.33. The number of nitrogens with zero attached hydrogens (tertiary/aromatic N) is 1. The van der Waals surface area contributed by atoms with E-state index < -0.39 is 9.84 Å². The van der Waals surface area contributed by atoms with E-state index in [0.29, 0.717) is 12.1 Å². The largest absolute Gasteiger partial charge is 0.383 e. The number of aromatic nitrogens is 1. The lowest BCUT2D eigenvalue weighted by Crippen LogP contribution is -2.46. The van der Waals surface area contributed by atoms with Crippen molar-refractivity contribution in [2.45, 2.75) is 12.5 Å². The van der Waals surface area contributed by atoms with E-state index in [4.69, 9.17) is 5.73 Å². The second-order valence-corrected chi connectivity index (χ2v) is 6.56. The number of nitrogen functional groups attached to an aromatic ring is 1. The number of hydrogen-bond acceptors (Lipinski definition) is 6. The van der Waals surface area contributed by atoms with Gasteiger partial charge in [0.15, 0.2) is 15.6 Å². The highest BCUT2D eigenvalue weighted by Crippen LogP contribution is 2.13. The summed E-state index contributed by atoms with van der Waals surface area (Å²) in [7, 11) is -3.03. The lowest BCUT2D eigenvalue weighted by Gasteiger charge is -2.23. The number of sulfone groups is 1. The SMILES string of the molecule is Nc1ncccc1C(=O)CC1CS(=O)(=O)CCN1. The average molecular weight is 269 g/mol. The lowest BCUT2D eigenvalue weighted by molar-refractivity contribution is 0.0972. The Morgan fingerprint density at radius 3 is 3.00 bits per heavy atom. The van der Waals surface area contributed by atoms with Crippen LogP contribution in [0.4, 0.5) is 5.82 Å². The Labute approximate surface area is 106 Å². The second kappa shape index (κ2) is 5.03. The Morgan fingerprint density at radius 1 is 1.56 bits per heavy atom. The van der Waals surface area contributed by atoms with Crippen LogP contribution in [-0.2, 0) is 9.84 Å². The fourth-order valence-corrected chi connectivity index (χ4v) is 3.43. The summed E-state index contributed by atoms with van der Waals surface area (Å²) in [4.78, 5) is 15.8. The van der Waals surface area contributed by atoms with E-state index in [1.165, 1.54) is 6.20 Å². The normalized spacial score (nSPS) is 22.6. The molecule has 2 heterocycles. The molecule has 0 spiro atoms. The number of rotatable bonds is 3. The summed E-state index contributed by atoms with van der Waals surface area (Å²) >= 11 is 0. The van der Waals surface area contributed by atoms with Gasteiger partial charge in [0.2, 0.25) is 0 Å². The molecule has 2 rings (SSSR count). The van der Waals surface area contributed by atoms with Crippen molar-refractivity contribution >= 4 is 21.4 Å². The van der Waals surface area contributed by atoms with Crippen molar-refractivity contribution in [3.8, 4) is 0 Å². The Hall–Kier alpha value is -1.47. The maximum Gasteiger partial charge on any atom is 0.168 e. The van der Waals surface area contributed by atoms with Gasteiger partial charge in [0.1, 0.15) is 5.82 Å². The first-order chi connectivity index (χ1) is 8.48. The lowest BCUT2D eigenvalue weighted by atomic mass is 10.1. The fraction of sp³-hybridized carbons (Fsp3) is 0.455. The van der Waals surface area contributed by atoms with E-state index in [9.17, 15) is 13.2 Å². The molecule has 98 valence electrons. The van der Waals surface area contributed by atoms with Crippen LogP contribution in [0.1, 0.15) is 16.8 Å². The van der Waals surface area contributed by atoms with Gasteiger partial charge in [0, 0.05) is 25.2 Å². The van der Waals surface area contributed by atoms with Crippen LogP contribution >= 0.6 is 0 Å². The van der Waals surface area contributed by atoms with Gasteiger partial charge in [-0.3, -0.25) is 4.79 Å². The van der Waals surface area contributed by atoms with Crippen LogP contribution in [0.5, 0.6) is 0 Å². The zero-order chi connectivity index (χ0) is 13.2. The van der Waals surface area contributed by atoms with Crippen LogP contribution in [0.3, 0.4) is 0 Å². The van der Waals surface area contributed by atoms with E-state index >= 15 is 0 Å². The minimum Gasteiger partial charge on any atom is -0.383 e. The van der Waals surface area contributed by atoms with Gasteiger partial charge in [-0.2, -0.15) is 0 Å². The summed E-state index contributed by atoms with van der Waals surface area (Å²) in [5.74, 6) is 0.127. The molecule has 1 aromatic heterocycles. The smallest absolute Gasteiger partial charge is 0.168 e. The molecule has 1 aliphatic heterocycles. The third-order valence-electron chi connectivity index (χ3n) is 2.87. The molecule has 0 amide bonds. The minimum atomic E-state index is -3.03. The highest BCUT2D eigenvalue weighted by molar-refractivity contribution is 7.91. The van der Waals surface area contributed by atoms with Gasteiger partial charge in [-0.25, -0.2) is 13.4 Å². The van der Waals surface area contributed by atoms with Crippen molar-refractivity contribution in [1.29, 1.82) is 0 Å². The third kappa shape index (κ3) is 3.05. The number of Topliss-reactive ketones (excluding diaryl/α,β-unsaturated/α-hetero) is 1. The molecule has 0 radical (unpaired) electrons. The highest BCUT2D eigenvalue weighted by atomic mass is 32.2. The number of hydrogen-bond donors (Lipinski definition) is 2. The molecule has 0 saturated carbocycles. The van der Waals surface area contributed by atoms with Gasteiger partial charge in [0.25, 0.3) is 0 Å². The molecule has 0 aromatic carbocycles. The van der Waals surface area contributed by atoms with E-state index in [-0.39, 0.29) is 35.6 Å². The third-order valence-corrected chi connectivity index (χ3v) is 4.61. The predicted molar refractivity (Wildman–Crippen MR) is 68.0 cm³/mol. The van der Waals surface area contributed by atoms with Crippen LogP contribution in [0.2, 0.25) is 0 Å². The Morgan fingerprint density at radius 2 is 2.33 bits per heavy atom. The van der Waals surface area contributed by atoms with Gasteiger partial charge in [-0.1, -0.05) is 0 Å². The minimum absolute atomic E-state index is 0.00108. The molecule has 1 unspecified atom stereocenters. The molecule has 18 heavy (non-hydrogen) atoms. The number of pyridine rings is 1. The van der Waals surface area contributed by atoms with Gasteiger partial charge < -0.3 is 11.1 Å². The van der Waals surface area contributed by atoms with Gasteiger partial charge in [-0.15, -0.1) is 0 Å². The number of ketones is 1. The number of carbonyl (C=O) groups is 1. The first-order valence-corrected chi connectivity index (χ1v) is 7.47. The van der Waals surface area contributed by atoms with E-state index in [2.05, 4.69) is 10.3 Å². The number of carbonyl (C=O) groups excluding carboxylic acids is 1. The van der Waals surface area contributed by atoms with Crippen molar-refractivity contribution < 1.29 is 13.2 Å². The molecule has 1 saturated heterocycles. The number of nitrogens with one attached hydrogen (secondary N) is 1. The molecule has 1 aromatic rings. The summed E-state index contributed by atoms with van der Waals surface area (Å²) in [6.07, 6.45) is 1.63. The average Bonchev–Trinajstić information content (AvgIpc) is 2.28. The molecular formula is C11H15N3O3S. The molecule has 1 aliphatic rings. The van der Waals surface area contributed by atoms with Crippen LogP contribution < -0.4 is 11.1 Å². The van der Waals surface area contributed by atoms with Gasteiger partial charge in [0.05, 0.1) is 17.1 Å². The zero-order valence-corrected chi connectivity index (χ0v) is 10.6. The summed E-state index contributed by atoms with van der Waals surface area (Å²) in [5, 5.41) is 3.03. The summed E-state index contributed by atoms with van der Waals surface area (Å²) < 4.78 is 22.9. The molecule has 7 heteroatoms. The molecule has 1 fully saturated rings. The maximum absolute atomic E-state index is 12.0. The zero-order valence-electron chi connectivity index (χ0n) is 9.80. The molecule has 6 nitrogen and oxygen atoms in total. The van der Waals surface area contributed by atoms with Gasteiger partial charge in [-0.05, 0) is 12.1 Å². The van der Waals surface area contributed by atoms with E-state index in [0.717, 1.165) is 0 Å². The fourth-order valence-electron chi connectivity index (χ4n) is 1.99. The first-order valence-electron chi connectivity index (χ1n) is 5.65. The van der Waals surface area contributed by atoms with Crippen molar-refractivity contribution in [2.24, 2.45) is 0 Å².